The second kappa shape index (κ2) is 8.51. The summed E-state index contributed by atoms with van der Waals surface area (Å²) in [7, 11) is 3.19. The number of hydrogen-bond donors (Lipinski definition) is 1. The van der Waals surface area contributed by atoms with Crippen LogP contribution in [-0.4, -0.2) is 60.7 Å². The maximum Gasteiger partial charge on any atom is 0.230 e. The molecule has 4 heterocycles. The first-order valence-corrected chi connectivity index (χ1v) is 11.1. The number of rotatable bonds is 8. The molecule has 1 N–H and O–H groups in total. The van der Waals surface area contributed by atoms with Gasteiger partial charge >= 0.3 is 0 Å². The Kier molecular flexibility index (Phi) is 5.54. The van der Waals surface area contributed by atoms with Gasteiger partial charge in [0.15, 0.2) is 11.5 Å². The highest BCUT2D eigenvalue weighted by atomic mass is 16.5. The van der Waals surface area contributed by atoms with Gasteiger partial charge in [0, 0.05) is 25.5 Å². The fraction of sp³-hybridized carbons (Fsp3) is 0.400. The van der Waals surface area contributed by atoms with Crippen molar-refractivity contribution >= 4 is 11.8 Å². The Balaban J connectivity index is 1.24. The summed E-state index contributed by atoms with van der Waals surface area (Å²) in [5.41, 5.74) is 1.32. The first-order valence-electron chi connectivity index (χ1n) is 11.1. The SMILES string of the molecule is COc1ccc(CCNC(=O)[C@@H]2[C@H]3C=C[C@@]4(CN(Cc5ccncc5)C(=O)[C@@H]24)O3)cc1OC. The van der Waals surface area contributed by atoms with Gasteiger partial charge in [-0.25, -0.2) is 0 Å². The van der Waals surface area contributed by atoms with Crippen molar-refractivity contribution < 1.29 is 23.8 Å². The molecule has 2 aromatic rings. The van der Waals surface area contributed by atoms with E-state index in [9.17, 15) is 9.59 Å². The Bertz CT molecular complexity index is 1090. The Hall–Kier alpha value is -3.39. The van der Waals surface area contributed by atoms with Crippen molar-refractivity contribution in [2.45, 2.75) is 24.7 Å². The number of carbonyl (C=O) groups is 2. The minimum absolute atomic E-state index is 0.0290. The van der Waals surface area contributed by atoms with E-state index in [0.29, 0.717) is 37.6 Å². The average Bonchev–Trinajstić information content (AvgIpc) is 3.47. The first kappa shape index (κ1) is 21.5. The van der Waals surface area contributed by atoms with Crippen LogP contribution in [0.25, 0.3) is 0 Å². The van der Waals surface area contributed by atoms with Crippen molar-refractivity contribution in [3.8, 4) is 11.5 Å². The van der Waals surface area contributed by atoms with Crippen molar-refractivity contribution in [1.82, 2.24) is 15.2 Å². The molecule has 3 aliphatic heterocycles. The van der Waals surface area contributed by atoms with E-state index in [1.165, 1.54) is 0 Å². The monoisotopic (exact) mass is 449 g/mol. The number of pyridine rings is 1. The molecular formula is C25H27N3O5. The number of hydrogen-bond acceptors (Lipinski definition) is 6. The molecule has 0 unspecified atom stereocenters. The molecular weight excluding hydrogens is 422 g/mol. The molecule has 2 amide bonds. The topological polar surface area (TPSA) is 90.0 Å². The van der Waals surface area contributed by atoms with Crippen LogP contribution in [0.5, 0.6) is 11.5 Å². The highest BCUT2D eigenvalue weighted by molar-refractivity contribution is 5.93. The Morgan fingerprint density at radius 1 is 1.18 bits per heavy atom. The van der Waals surface area contributed by atoms with Gasteiger partial charge in [0.05, 0.1) is 38.7 Å². The Morgan fingerprint density at radius 3 is 2.73 bits per heavy atom. The molecule has 3 aliphatic rings. The van der Waals surface area contributed by atoms with Gasteiger partial charge < -0.3 is 24.4 Å². The van der Waals surface area contributed by atoms with Crippen molar-refractivity contribution in [2.24, 2.45) is 11.8 Å². The molecule has 8 heteroatoms. The van der Waals surface area contributed by atoms with Crippen molar-refractivity contribution in [3.05, 3.63) is 66.0 Å². The first-order chi connectivity index (χ1) is 16.0. The van der Waals surface area contributed by atoms with E-state index in [4.69, 9.17) is 14.2 Å². The number of likely N-dealkylation sites (tertiary alicyclic amines) is 1. The fourth-order valence-corrected chi connectivity index (χ4v) is 5.20. The van der Waals surface area contributed by atoms with E-state index >= 15 is 0 Å². The number of carbonyl (C=O) groups excluding carboxylic acids is 2. The quantitative estimate of drug-likeness (QED) is 0.618. The van der Waals surface area contributed by atoms with E-state index in [1.807, 2.05) is 42.5 Å². The number of methoxy groups -OCH3 is 2. The summed E-state index contributed by atoms with van der Waals surface area (Å²) in [5.74, 6) is 0.138. The lowest BCUT2D eigenvalue weighted by molar-refractivity contribution is -0.137. The van der Waals surface area contributed by atoms with Crippen LogP contribution in [0.1, 0.15) is 11.1 Å². The minimum Gasteiger partial charge on any atom is -0.493 e. The minimum atomic E-state index is -0.708. The standard InChI is InChI=1S/C25H27N3O5/c1-31-18-4-3-16(13-20(18)32-2)8-12-27-23(29)21-19-5-9-25(33-19)15-28(24(30)22(21)25)14-17-6-10-26-11-7-17/h3-7,9-11,13,19,21-22H,8,12,14-15H2,1-2H3,(H,27,29)/t19-,21-,22-,25+/m1/s1. The molecule has 1 aromatic heterocycles. The molecule has 0 saturated carbocycles. The van der Waals surface area contributed by atoms with Crippen molar-refractivity contribution in [3.63, 3.8) is 0 Å². The largest absolute Gasteiger partial charge is 0.493 e. The number of ether oxygens (including phenoxy) is 3. The summed E-state index contributed by atoms with van der Waals surface area (Å²) in [5, 5.41) is 3.01. The molecule has 2 saturated heterocycles. The highest BCUT2D eigenvalue weighted by Gasteiger charge is 2.66. The second-order valence-electron chi connectivity index (χ2n) is 8.68. The second-order valence-corrected chi connectivity index (χ2v) is 8.68. The molecule has 2 bridgehead atoms. The fourth-order valence-electron chi connectivity index (χ4n) is 5.20. The van der Waals surface area contributed by atoms with Gasteiger partial charge in [-0.1, -0.05) is 18.2 Å². The van der Waals surface area contributed by atoms with Crippen LogP contribution in [0.15, 0.2) is 54.9 Å². The van der Waals surface area contributed by atoms with Crippen molar-refractivity contribution in [2.75, 3.05) is 27.3 Å². The Morgan fingerprint density at radius 2 is 1.97 bits per heavy atom. The van der Waals surface area contributed by atoms with Crippen LogP contribution in [0, 0.1) is 11.8 Å². The molecule has 0 aliphatic carbocycles. The predicted molar refractivity (Wildman–Crippen MR) is 120 cm³/mol. The van der Waals surface area contributed by atoms with Gasteiger partial charge in [-0.3, -0.25) is 14.6 Å². The molecule has 8 nitrogen and oxygen atoms in total. The number of nitrogens with zero attached hydrogens (tertiary/aromatic N) is 2. The third-order valence-corrected chi connectivity index (χ3v) is 6.77. The molecule has 4 atom stereocenters. The summed E-state index contributed by atoms with van der Waals surface area (Å²) < 4.78 is 16.8. The summed E-state index contributed by atoms with van der Waals surface area (Å²) in [6.45, 7) is 1.40. The zero-order chi connectivity index (χ0) is 23.0. The van der Waals surface area contributed by atoms with Gasteiger partial charge in [-0.15, -0.1) is 0 Å². The lowest BCUT2D eigenvalue weighted by Gasteiger charge is -2.23. The van der Waals surface area contributed by atoms with Crippen LogP contribution in [0.4, 0.5) is 0 Å². The Labute approximate surface area is 192 Å². The molecule has 1 aromatic carbocycles. The van der Waals surface area contributed by atoms with Crippen LogP contribution < -0.4 is 14.8 Å². The van der Waals surface area contributed by atoms with E-state index in [0.717, 1.165) is 11.1 Å². The number of nitrogens with one attached hydrogen (secondary N) is 1. The van der Waals surface area contributed by atoms with E-state index < -0.39 is 17.4 Å². The third-order valence-electron chi connectivity index (χ3n) is 6.77. The summed E-state index contributed by atoms with van der Waals surface area (Å²) >= 11 is 0. The van der Waals surface area contributed by atoms with Crippen LogP contribution >= 0.6 is 0 Å². The van der Waals surface area contributed by atoms with Crippen LogP contribution in [-0.2, 0) is 27.3 Å². The molecule has 172 valence electrons. The van der Waals surface area contributed by atoms with Crippen LogP contribution in [0.3, 0.4) is 0 Å². The number of amides is 2. The lowest BCUT2D eigenvalue weighted by Crippen LogP contribution is -2.44. The smallest absolute Gasteiger partial charge is 0.230 e. The predicted octanol–water partition coefficient (Wildman–Crippen LogP) is 1.74. The highest BCUT2D eigenvalue weighted by Crippen LogP contribution is 2.52. The van der Waals surface area contributed by atoms with E-state index in [2.05, 4.69) is 10.3 Å². The average molecular weight is 450 g/mol. The zero-order valence-electron chi connectivity index (χ0n) is 18.7. The molecule has 33 heavy (non-hydrogen) atoms. The van der Waals surface area contributed by atoms with Crippen LogP contribution in [0.2, 0.25) is 0 Å². The third kappa shape index (κ3) is 3.74. The van der Waals surface area contributed by atoms with E-state index in [1.54, 1.807) is 31.5 Å². The summed E-state index contributed by atoms with van der Waals surface area (Å²) in [4.78, 5) is 32.3. The maximum atomic E-state index is 13.3. The molecule has 5 rings (SSSR count). The van der Waals surface area contributed by atoms with E-state index in [-0.39, 0.29) is 17.9 Å². The zero-order valence-corrected chi connectivity index (χ0v) is 18.7. The van der Waals surface area contributed by atoms with Crippen molar-refractivity contribution in [1.29, 1.82) is 0 Å². The number of aromatic nitrogens is 1. The summed E-state index contributed by atoms with van der Waals surface area (Å²) in [6, 6.07) is 9.49. The summed E-state index contributed by atoms with van der Waals surface area (Å²) in [6.07, 6.45) is 7.61. The molecule has 1 spiro atoms. The number of fused-ring (bicyclic) bond motifs is 1. The molecule has 2 fully saturated rings. The maximum absolute atomic E-state index is 13.3. The molecule has 0 radical (unpaired) electrons. The van der Waals surface area contributed by atoms with Gasteiger partial charge in [-0.05, 0) is 41.8 Å². The van der Waals surface area contributed by atoms with Gasteiger partial charge in [0.2, 0.25) is 11.8 Å². The van der Waals surface area contributed by atoms with Gasteiger partial charge in [-0.2, -0.15) is 0 Å². The normalized spacial score (nSPS) is 27.0. The van der Waals surface area contributed by atoms with Gasteiger partial charge in [0.25, 0.3) is 0 Å². The lowest BCUT2D eigenvalue weighted by atomic mass is 9.77. The van der Waals surface area contributed by atoms with Gasteiger partial charge in [0.1, 0.15) is 5.60 Å². The number of benzene rings is 1.